The first-order chi connectivity index (χ1) is 14.5. The van der Waals surface area contributed by atoms with Crippen LogP contribution in [-0.4, -0.2) is 25.5 Å². The fraction of sp³-hybridized carbons (Fsp3) is 0.143. The smallest absolute Gasteiger partial charge is 0.387 e. The molecule has 3 aromatic rings. The van der Waals surface area contributed by atoms with Gasteiger partial charge in [-0.1, -0.05) is 18.2 Å². The van der Waals surface area contributed by atoms with Crippen molar-refractivity contribution in [1.82, 2.24) is 5.32 Å². The van der Waals surface area contributed by atoms with Gasteiger partial charge in [-0.2, -0.15) is 8.78 Å². The topological polar surface area (TPSA) is 89.8 Å². The van der Waals surface area contributed by atoms with Gasteiger partial charge < -0.3 is 24.5 Å². The highest BCUT2D eigenvalue weighted by atomic mass is 19.3. The van der Waals surface area contributed by atoms with Crippen LogP contribution in [0.4, 0.5) is 14.5 Å². The maximum atomic E-state index is 12.6. The van der Waals surface area contributed by atoms with Gasteiger partial charge in [-0.05, 0) is 42.0 Å². The van der Waals surface area contributed by atoms with Crippen molar-refractivity contribution >= 4 is 17.5 Å². The summed E-state index contributed by atoms with van der Waals surface area (Å²) >= 11 is 0. The van der Waals surface area contributed by atoms with Crippen LogP contribution in [0.15, 0.2) is 65.3 Å². The van der Waals surface area contributed by atoms with Gasteiger partial charge in [0.2, 0.25) is 0 Å². The van der Waals surface area contributed by atoms with Gasteiger partial charge in [0, 0.05) is 6.54 Å². The van der Waals surface area contributed by atoms with E-state index < -0.39 is 18.4 Å². The van der Waals surface area contributed by atoms with Crippen LogP contribution in [0.25, 0.3) is 0 Å². The molecule has 156 valence electrons. The van der Waals surface area contributed by atoms with Crippen molar-refractivity contribution in [2.45, 2.75) is 13.2 Å². The summed E-state index contributed by atoms with van der Waals surface area (Å²) < 4.78 is 39.3. The predicted octanol–water partition coefficient (Wildman–Crippen LogP) is 4.07. The Morgan fingerprint density at radius 3 is 2.53 bits per heavy atom. The van der Waals surface area contributed by atoms with Crippen molar-refractivity contribution in [3.8, 4) is 11.5 Å². The highest BCUT2D eigenvalue weighted by molar-refractivity contribution is 6.07. The van der Waals surface area contributed by atoms with E-state index in [9.17, 15) is 18.4 Å². The van der Waals surface area contributed by atoms with Crippen molar-refractivity contribution in [3.63, 3.8) is 0 Å². The summed E-state index contributed by atoms with van der Waals surface area (Å²) in [5, 5.41) is 5.35. The molecule has 7 nitrogen and oxygen atoms in total. The first-order valence-electron chi connectivity index (χ1n) is 8.81. The zero-order chi connectivity index (χ0) is 21.5. The number of para-hydroxylation sites is 1. The second-order valence-electron chi connectivity index (χ2n) is 6.02. The molecule has 0 unspecified atom stereocenters. The SMILES string of the molecule is COc1cc(CNC(=O)c2ccccc2NC(=O)c2ccco2)ccc1OC(F)F. The van der Waals surface area contributed by atoms with Crippen LogP contribution in [0.2, 0.25) is 0 Å². The Balaban J connectivity index is 1.69. The first-order valence-corrected chi connectivity index (χ1v) is 8.81. The predicted molar refractivity (Wildman–Crippen MR) is 104 cm³/mol. The van der Waals surface area contributed by atoms with Gasteiger partial charge in [0.1, 0.15) is 0 Å². The van der Waals surface area contributed by atoms with Gasteiger partial charge >= 0.3 is 6.61 Å². The fourth-order valence-corrected chi connectivity index (χ4v) is 2.67. The summed E-state index contributed by atoms with van der Waals surface area (Å²) in [7, 11) is 1.33. The van der Waals surface area contributed by atoms with E-state index in [-0.39, 0.29) is 29.4 Å². The van der Waals surface area contributed by atoms with E-state index in [1.54, 1.807) is 30.3 Å². The van der Waals surface area contributed by atoms with Crippen molar-refractivity contribution in [3.05, 3.63) is 77.7 Å². The lowest BCUT2D eigenvalue weighted by molar-refractivity contribution is -0.0512. The Morgan fingerprint density at radius 2 is 1.83 bits per heavy atom. The van der Waals surface area contributed by atoms with Crippen LogP contribution in [0.3, 0.4) is 0 Å². The Bertz CT molecular complexity index is 1020. The van der Waals surface area contributed by atoms with Crippen molar-refractivity contribution in [1.29, 1.82) is 0 Å². The van der Waals surface area contributed by atoms with E-state index in [1.807, 2.05) is 0 Å². The third kappa shape index (κ3) is 5.13. The molecule has 0 fully saturated rings. The van der Waals surface area contributed by atoms with Gasteiger partial charge in [0.15, 0.2) is 17.3 Å². The highest BCUT2D eigenvalue weighted by Crippen LogP contribution is 2.29. The number of ether oxygens (including phenoxy) is 2. The van der Waals surface area contributed by atoms with E-state index in [2.05, 4.69) is 15.4 Å². The van der Waals surface area contributed by atoms with Gasteiger partial charge in [0.25, 0.3) is 11.8 Å². The minimum atomic E-state index is -2.97. The third-order valence-corrected chi connectivity index (χ3v) is 4.06. The van der Waals surface area contributed by atoms with E-state index in [0.29, 0.717) is 11.3 Å². The number of halogens is 2. The van der Waals surface area contributed by atoms with Crippen molar-refractivity contribution in [2.24, 2.45) is 0 Å². The molecule has 0 saturated heterocycles. The average molecular weight is 416 g/mol. The summed E-state index contributed by atoms with van der Waals surface area (Å²) in [6, 6.07) is 13.9. The summed E-state index contributed by atoms with van der Waals surface area (Å²) in [5.41, 5.74) is 1.18. The van der Waals surface area contributed by atoms with Gasteiger partial charge in [-0.15, -0.1) is 0 Å². The Kier molecular flexibility index (Phi) is 6.63. The summed E-state index contributed by atoms with van der Waals surface area (Å²) in [6.45, 7) is -2.87. The number of nitrogens with one attached hydrogen (secondary N) is 2. The number of furan rings is 1. The lowest BCUT2D eigenvalue weighted by atomic mass is 10.1. The molecule has 2 N–H and O–H groups in total. The first kappa shape index (κ1) is 20.8. The number of anilines is 1. The molecule has 30 heavy (non-hydrogen) atoms. The minimum Gasteiger partial charge on any atom is -0.493 e. The Labute approximate surface area is 170 Å². The molecule has 1 heterocycles. The number of hydrogen-bond donors (Lipinski definition) is 2. The molecule has 0 bridgehead atoms. The molecule has 9 heteroatoms. The summed E-state index contributed by atoms with van der Waals surface area (Å²) in [6.07, 6.45) is 1.37. The van der Waals surface area contributed by atoms with Gasteiger partial charge in [0.05, 0.1) is 24.6 Å². The zero-order valence-corrected chi connectivity index (χ0v) is 15.9. The van der Waals surface area contributed by atoms with Crippen LogP contribution in [-0.2, 0) is 6.54 Å². The number of methoxy groups -OCH3 is 1. The second-order valence-corrected chi connectivity index (χ2v) is 6.02. The molecule has 1 aromatic heterocycles. The number of carbonyl (C=O) groups is 2. The standard InChI is InChI=1S/C21H18F2N2O5/c1-28-18-11-13(8-9-16(18)30-21(22)23)12-24-19(26)14-5-2-3-6-15(14)25-20(27)17-7-4-10-29-17/h2-11,21H,12H2,1H3,(H,24,26)(H,25,27). The maximum absolute atomic E-state index is 12.6. The lowest BCUT2D eigenvalue weighted by Crippen LogP contribution is -2.24. The monoisotopic (exact) mass is 416 g/mol. The molecule has 0 aliphatic heterocycles. The number of alkyl halides is 2. The zero-order valence-electron chi connectivity index (χ0n) is 15.9. The highest BCUT2D eigenvalue weighted by Gasteiger charge is 2.16. The van der Waals surface area contributed by atoms with Gasteiger partial charge in [-0.25, -0.2) is 0 Å². The Morgan fingerprint density at radius 1 is 1.03 bits per heavy atom. The fourth-order valence-electron chi connectivity index (χ4n) is 2.67. The van der Waals surface area contributed by atoms with Crippen LogP contribution in [0, 0.1) is 0 Å². The quantitative estimate of drug-likeness (QED) is 0.578. The molecule has 0 radical (unpaired) electrons. The van der Waals surface area contributed by atoms with Crippen LogP contribution < -0.4 is 20.1 Å². The number of benzene rings is 2. The Hall–Kier alpha value is -3.88. The number of carbonyl (C=O) groups excluding carboxylic acids is 2. The van der Waals surface area contributed by atoms with Crippen LogP contribution in [0.1, 0.15) is 26.5 Å². The van der Waals surface area contributed by atoms with Crippen LogP contribution >= 0.6 is 0 Å². The summed E-state index contributed by atoms with van der Waals surface area (Å²) in [5.74, 6) is -0.790. The van der Waals surface area contributed by atoms with Crippen molar-refractivity contribution < 1.29 is 32.3 Å². The molecule has 2 aromatic carbocycles. The van der Waals surface area contributed by atoms with Gasteiger partial charge in [-0.3, -0.25) is 9.59 Å². The molecule has 0 aliphatic carbocycles. The molecule has 0 aliphatic rings. The normalized spacial score (nSPS) is 10.5. The molecule has 2 amide bonds. The van der Waals surface area contributed by atoms with E-state index in [4.69, 9.17) is 9.15 Å². The molecule has 0 spiro atoms. The largest absolute Gasteiger partial charge is 0.493 e. The molecule has 0 saturated carbocycles. The maximum Gasteiger partial charge on any atom is 0.387 e. The average Bonchev–Trinajstić information content (AvgIpc) is 3.28. The minimum absolute atomic E-state index is 0.102. The van der Waals surface area contributed by atoms with Crippen LogP contribution in [0.5, 0.6) is 11.5 Å². The lowest BCUT2D eigenvalue weighted by Gasteiger charge is -2.13. The van der Waals surface area contributed by atoms with E-state index in [0.717, 1.165) is 0 Å². The molecular formula is C21H18F2N2O5. The second kappa shape index (κ2) is 9.55. The number of hydrogen-bond acceptors (Lipinski definition) is 5. The number of amides is 2. The van der Waals surface area contributed by atoms with Crippen molar-refractivity contribution in [2.75, 3.05) is 12.4 Å². The van der Waals surface area contributed by atoms with E-state index >= 15 is 0 Å². The molecule has 3 rings (SSSR count). The molecular weight excluding hydrogens is 398 g/mol. The number of rotatable bonds is 8. The summed E-state index contributed by atoms with van der Waals surface area (Å²) in [4.78, 5) is 24.8. The molecule has 0 atom stereocenters. The van der Waals surface area contributed by atoms with E-state index in [1.165, 1.54) is 37.6 Å². The third-order valence-electron chi connectivity index (χ3n) is 4.06.